The Bertz CT molecular complexity index is 403. The van der Waals surface area contributed by atoms with E-state index in [9.17, 15) is 0 Å². The van der Waals surface area contributed by atoms with Gasteiger partial charge in [0.1, 0.15) is 10.3 Å². The van der Waals surface area contributed by atoms with Crippen LogP contribution in [0.15, 0.2) is 41.4 Å². The van der Waals surface area contributed by atoms with Gasteiger partial charge in [-0.05, 0) is 28.1 Å². The number of pyridine rings is 1. The third-order valence-corrected chi connectivity index (χ3v) is 1.91. The van der Waals surface area contributed by atoms with E-state index in [1.165, 1.54) is 0 Å². The zero-order chi connectivity index (χ0) is 9.10. The van der Waals surface area contributed by atoms with Gasteiger partial charge < -0.3 is 0 Å². The minimum atomic E-state index is 0.718. The van der Waals surface area contributed by atoms with E-state index in [1.54, 1.807) is 18.6 Å². The molecule has 0 unspecified atom stereocenters. The lowest BCUT2D eigenvalue weighted by Gasteiger charge is -1.97. The van der Waals surface area contributed by atoms with Crippen LogP contribution in [0.4, 0.5) is 0 Å². The van der Waals surface area contributed by atoms with Crippen molar-refractivity contribution in [3.63, 3.8) is 0 Å². The first-order valence-corrected chi connectivity index (χ1v) is 4.54. The molecule has 0 bridgehead atoms. The lowest BCUT2D eigenvalue weighted by molar-refractivity contribution is 1.15. The lowest BCUT2D eigenvalue weighted by Crippen LogP contribution is -1.88. The fourth-order valence-electron chi connectivity index (χ4n) is 0.980. The standard InChI is InChI=1S/C9H6BrN3/c10-9-6-11-5-8(13-9)7-3-1-2-4-12-7/h1-6H. The molecule has 0 aliphatic carbocycles. The van der Waals surface area contributed by atoms with Crippen molar-refractivity contribution in [1.82, 2.24) is 15.0 Å². The zero-order valence-electron chi connectivity index (χ0n) is 6.68. The third-order valence-electron chi connectivity index (χ3n) is 1.53. The molecule has 0 saturated carbocycles. The van der Waals surface area contributed by atoms with E-state index in [2.05, 4.69) is 30.9 Å². The second-order valence-corrected chi connectivity index (χ2v) is 3.25. The lowest BCUT2D eigenvalue weighted by atomic mass is 10.3. The molecule has 2 rings (SSSR count). The zero-order valence-corrected chi connectivity index (χ0v) is 8.27. The molecular formula is C9H6BrN3. The molecule has 0 aliphatic rings. The van der Waals surface area contributed by atoms with Crippen molar-refractivity contribution in [1.29, 1.82) is 0 Å². The minimum Gasteiger partial charge on any atom is -0.260 e. The number of halogens is 1. The molecule has 0 atom stereocenters. The van der Waals surface area contributed by atoms with Crippen LogP contribution in [0.3, 0.4) is 0 Å². The Morgan fingerprint density at radius 3 is 2.69 bits per heavy atom. The first-order chi connectivity index (χ1) is 6.36. The Balaban J connectivity index is 2.48. The van der Waals surface area contributed by atoms with Crippen molar-refractivity contribution in [2.75, 3.05) is 0 Å². The van der Waals surface area contributed by atoms with E-state index >= 15 is 0 Å². The third kappa shape index (κ3) is 1.89. The van der Waals surface area contributed by atoms with Crippen molar-refractivity contribution in [3.8, 4) is 11.4 Å². The Morgan fingerprint density at radius 1 is 1.08 bits per heavy atom. The maximum Gasteiger partial charge on any atom is 0.125 e. The molecule has 0 aromatic carbocycles. The molecular weight excluding hydrogens is 230 g/mol. The summed E-state index contributed by atoms with van der Waals surface area (Å²) in [6.07, 6.45) is 5.07. The average Bonchev–Trinajstić information content (AvgIpc) is 2.19. The normalized spacial score (nSPS) is 9.92. The molecule has 64 valence electrons. The van der Waals surface area contributed by atoms with Gasteiger partial charge in [-0.1, -0.05) is 6.07 Å². The van der Waals surface area contributed by atoms with E-state index in [0.717, 1.165) is 16.0 Å². The van der Waals surface area contributed by atoms with Crippen molar-refractivity contribution < 1.29 is 0 Å². The van der Waals surface area contributed by atoms with Crippen molar-refractivity contribution in [2.45, 2.75) is 0 Å². The highest BCUT2D eigenvalue weighted by atomic mass is 79.9. The summed E-state index contributed by atoms with van der Waals surface area (Å²) in [5.41, 5.74) is 1.60. The summed E-state index contributed by atoms with van der Waals surface area (Å²) >= 11 is 3.26. The summed E-state index contributed by atoms with van der Waals surface area (Å²) in [4.78, 5) is 12.4. The molecule has 2 heterocycles. The molecule has 0 fully saturated rings. The summed E-state index contributed by atoms with van der Waals surface area (Å²) in [5.74, 6) is 0. The Hall–Kier alpha value is -1.29. The number of nitrogens with zero attached hydrogens (tertiary/aromatic N) is 3. The van der Waals surface area contributed by atoms with E-state index in [-0.39, 0.29) is 0 Å². The molecule has 0 amide bonds. The minimum absolute atomic E-state index is 0.718. The van der Waals surface area contributed by atoms with Crippen LogP contribution in [0, 0.1) is 0 Å². The van der Waals surface area contributed by atoms with Crippen LogP contribution in [0.25, 0.3) is 11.4 Å². The van der Waals surface area contributed by atoms with Crippen molar-refractivity contribution in [2.24, 2.45) is 0 Å². The summed E-state index contributed by atoms with van der Waals surface area (Å²) < 4.78 is 0.718. The molecule has 3 nitrogen and oxygen atoms in total. The molecule has 13 heavy (non-hydrogen) atoms. The highest BCUT2D eigenvalue weighted by Crippen LogP contribution is 2.14. The quantitative estimate of drug-likeness (QED) is 0.762. The van der Waals surface area contributed by atoms with Crippen LogP contribution >= 0.6 is 15.9 Å². The molecule has 0 saturated heterocycles. The predicted molar refractivity (Wildman–Crippen MR) is 53.0 cm³/mol. The average molecular weight is 236 g/mol. The summed E-state index contributed by atoms with van der Waals surface area (Å²) in [6, 6.07) is 5.69. The summed E-state index contributed by atoms with van der Waals surface area (Å²) in [7, 11) is 0. The first kappa shape index (κ1) is 8.31. The van der Waals surface area contributed by atoms with Crippen LogP contribution in [-0.4, -0.2) is 15.0 Å². The van der Waals surface area contributed by atoms with Gasteiger partial charge >= 0.3 is 0 Å². The largest absolute Gasteiger partial charge is 0.260 e. The molecule has 0 N–H and O–H groups in total. The maximum atomic E-state index is 4.24. The number of hydrogen-bond acceptors (Lipinski definition) is 3. The smallest absolute Gasteiger partial charge is 0.125 e. The second-order valence-electron chi connectivity index (χ2n) is 2.44. The Labute approximate surface area is 84.0 Å². The monoisotopic (exact) mass is 235 g/mol. The molecule has 0 aliphatic heterocycles. The van der Waals surface area contributed by atoms with Gasteiger partial charge in [-0.3, -0.25) is 9.97 Å². The van der Waals surface area contributed by atoms with Crippen LogP contribution < -0.4 is 0 Å². The van der Waals surface area contributed by atoms with Gasteiger partial charge in [-0.15, -0.1) is 0 Å². The van der Waals surface area contributed by atoms with Crippen molar-refractivity contribution >= 4 is 15.9 Å². The number of rotatable bonds is 1. The van der Waals surface area contributed by atoms with E-state index in [0.29, 0.717) is 0 Å². The van der Waals surface area contributed by atoms with Gasteiger partial charge in [-0.2, -0.15) is 0 Å². The molecule has 0 radical (unpaired) electrons. The Morgan fingerprint density at radius 2 is 2.00 bits per heavy atom. The highest BCUT2D eigenvalue weighted by molar-refractivity contribution is 9.10. The Kier molecular flexibility index (Phi) is 2.31. The SMILES string of the molecule is Brc1cncc(-c2ccccn2)n1. The number of aromatic nitrogens is 3. The van der Waals surface area contributed by atoms with Gasteiger partial charge in [0.05, 0.1) is 18.1 Å². The van der Waals surface area contributed by atoms with Gasteiger partial charge in [0.25, 0.3) is 0 Å². The fraction of sp³-hybridized carbons (Fsp3) is 0. The predicted octanol–water partition coefficient (Wildman–Crippen LogP) is 2.30. The highest BCUT2D eigenvalue weighted by Gasteiger charge is 1.99. The van der Waals surface area contributed by atoms with Crippen LogP contribution in [0.2, 0.25) is 0 Å². The summed E-state index contributed by atoms with van der Waals surface area (Å²) in [6.45, 7) is 0. The molecule has 0 spiro atoms. The van der Waals surface area contributed by atoms with Crippen LogP contribution in [0.5, 0.6) is 0 Å². The van der Waals surface area contributed by atoms with Crippen LogP contribution in [-0.2, 0) is 0 Å². The number of hydrogen-bond donors (Lipinski definition) is 0. The van der Waals surface area contributed by atoms with Gasteiger partial charge in [0, 0.05) is 6.20 Å². The molecule has 4 heteroatoms. The van der Waals surface area contributed by atoms with Crippen LogP contribution in [0.1, 0.15) is 0 Å². The van der Waals surface area contributed by atoms with Crippen molar-refractivity contribution in [3.05, 3.63) is 41.4 Å². The fourth-order valence-corrected chi connectivity index (χ4v) is 1.29. The van der Waals surface area contributed by atoms with Gasteiger partial charge in [0.15, 0.2) is 0 Å². The second kappa shape index (κ2) is 3.62. The first-order valence-electron chi connectivity index (χ1n) is 3.75. The molecule has 2 aromatic heterocycles. The van der Waals surface area contributed by atoms with E-state index in [1.807, 2.05) is 18.2 Å². The maximum absolute atomic E-state index is 4.24. The van der Waals surface area contributed by atoms with E-state index < -0.39 is 0 Å². The van der Waals surface area contributed by atoms with Gasteiger partial charge in [0.2, 0.25) is 0 Å². The van der Waals surface area contributed by atoms with Gasteiger partial charge in [-0.25, -0.2) is 4.98 Å². The van der Waals surface area contributed by atoms with E-state index in [4.69, 9.17) is 0 Å². The molecule has 2 aromatic rings. The topological polar surface area (TPSA) is 38.7 Å². The summed E-state index contributed by atoms with van der Waals surface area (Å²) in [5, 5.41) is 0.